The highest BCUT2D eigenvalue weighted by Crippen LogP contribution is 2.44. The summed E-state index contributed by atoms with van der Waals surface area (Å²) in [6.45, 7) is 0. The van der Waals surface area contributed by atoms with Gasteiger partial charge in [0.2, 0.25) is 0 Å². The molecule has 0 spiro atoms. The van der Waals surface area contributed by atoms with E-state index in [4.69, 9.17) is 0 Å². The van der Waals surface area contributed by atoms with Crippen molar-refractivity contribution in [2.24, 2.45) is 5.92 Å². The predicted molar refractivity (Wildman–Crippen MR) is 36.5 cm³/mol. The number of Topliss-reactive ketones (excluding diaryl/α,β-unsaturated/α-hetero) is 1. The van der Waals surface area contributed by atoms with Crippen molar-refractivity contribution in [2.75, 3.05) is 0 Å². The normalized spacial score (nSPS) is 46.1. The first-order valence-electron chi connectivity index (χ1n) is 3.99. The van der Waals surface area contributed by atoms with E-state index in [0.717, 1.165) is 25.7 Å². The molecule has 2 atom stereocenters. The second-order valence-corrected chi connectivity index (χ2v) is 3.48. The highest BCUT2D eigenvalue weighted by atomic mass is 16.3. The number of ketones is 1. The molecule has 2 rings (SSSR count). The third-order valence-corrected chi connectivity index (χ3v) is 2.99. The van der Waals surface area contributed by atoms with Crippen LogP contribution in [0, 0.1) is 5.92 Å². The summed E-state index contributed by atoms with van der Waals surface area (Å²) < 4.78 is 0. The second kappa shape index (κ2) is 1.82. The first kappa shape index (κ1) is 6.35. The third kappa shape index (κ3) is 0.601. The summed E-state index contributed by atoms with van der Waals surface area (Å²) >= 11 is 0. The van der Waals surface area contributed by atoms with E-state index in [1.165, 1.54) is 0 Å². The fourth-order valence-electron chi connectivity index (χ4n) is 2.33. The Balaban J connectivity index is 2.30. The van der Waals surface area contributed by atoms with Crippen LogP contribution in [-0.4, -0.2) is 16.5 Å². The Morgan fingerprint density at radius 3 is 3.00 bits per heavy atom. The molecule has 0 saturated heterocycles. The van der Waals surface area contributed by atoms with Gasteiger partial charge in [0.25, 0.3) is 0 Å². The fourth-order valence-corrected chi connectivity index (χ4v) is 2.33. The summed E-state index contributed by atoms with van der Waals surface area (Å²) in [6.07, 6.45) is 4.35. The SMILES string of the molecule is O=C1CCC2CCCC12O. The molecule has 2 saturated carbocycles. The molecule has 0 bridgehead atoms. The van der Waals surface area contributed by atoms with Gasteiger partial charge in [0.15, 0.2) is 5.78 Å². The maximum atomic E-state index is 11.1. The molecule has 10 heavy (non-hydrogen) atoms. The van der Waals surface area contributed by atoms with Gasteiger partial charge in [-0.3, -0.25) is 4.79 Å². The van der Waals surface area contributed by atoms with E-state index in [0.29, 0.717) is 12.3 Å². The number of carbonyl (C=O) groups excluding carboxylic acids is 1. The van der Waals surface area contributed by atoms with E-state index in [9.17, 15) is 9.90 Å². The van der Waals surface area contributed by atoms with Crippen LogP contribution in [-0.2, 0) is 4.79 Å². The van der Waals surface area contributed by atoms with Crippen LogP contribution in [0.2, 0.25) is 0 Å². The van der Waals surface area contributed by atoms with E-state index >= 15 is 0 Å². The molecule has 0 heterocycles. The molecule has 56 valence electrons. The highest BCUT2D eigenvalue weighted by molar-refractivity contribution is 5.89. The monoisotopic (exact) mass is 140 g/mol. The van der Waals surface area contributed by atoms with Gasteiger partial charge in [0.1, 0.15) is 5.60 Å². The molecule has 2 unspecified atom stereocenters. The van der Waals surface area contributed by atoms with Crippen molar-refractivity contribution in [3.8, 4) is 0 Å². The van der Waals surface area contributed by atoms with Gasteiger partial charge < -0.3 is 5.11 Å². The minimum Gasteiger partial charge on any atom is -0.382 e. The van der Waals surface area contributed by atoms with Crippen molar-refractivity contribution < 1.29 is 9.90 Å². The molecule has 0 aromatic heterocycles. The van der Waals surface area contributed by atoms with Crippen molar-refractivity contribution in [3.05, 3.63) is 0 Å². The van der Waals surface area contributed by atoms with E-state index in [1.807, 2.05) is 0 Å². The smallest absolute Gasteiger partial charge is 0.164 e. The Bertz CT molecular complexity index is 176. The van der Waals surface area contributed by atoms with Crippen LogP contribution < -0.4 is 0 Å². The fraction of sp³-hybridized carbons (Fsp3) is 0.875. The van der Waals surface area contributed by atoms with E-state index in [1.54, 1.807) is 0 Å². The minimum atomic E-state index is -0.875. The second-order valence-electron chi connectivity index (χ2n) is 3.48. The lowest BCUT2D eigenvalue weighted by atomic mass is 9.94. The predicted octanol–water partition coefficient (Wildman–Crippen LogP) is 0.880. The zero-order valence-corrected chi connectivity index (χ0v) is 5.97. The van der Waals surface area contributed by atoms with E-state index in [2.05, 4.69) is 0 Å². The minimum absolute atomic E-state index is 0.0926. The molecule has 2 aliphatic rings. The largest absolute Gasteiger partial charge is 0.382 e. The lowest BCUT2D eigenvalue weighted by Crippen LogP contribution is -2.35. The number of fused-ring (bicyclic) bond motifs is 1. The van der Waals surface area contributed by atoms with Crippen molar-refractivity contribution in [1.29, 1.82) is 0 Å². The Labute approximate surface area is 60.2 Å². The molecular formula is C8H12O2. The lowest BCUT2D eigenvalue weighted by Gasteiger charge is -2.19. The van der Waals surface area contributed by atoms with Gasteiger partial charge in [-0.05, 0) is 31.6 Å². The van der Waals surface area contributed by atoms with Crippen LogP contribution in [0.25, 0.3) is 0 Å². The zero-order chi connectivity index (χ0) is 7.19. The molecule has 2 aliphatic carbocycles. The zero-order valence-electron chi connectivity index (χ0n) is 5.97. The molecule has 0 aromatic rings. The maximum absolute atomic E-state index is 11.1. The maximum Gasteiger partial charge on any atom is 0.164 e. The summed E-state index contributed by atoms with van der Waals surface area (Å²) in [5, 5.41) is 9.75. The third-order valence-electron chi connectivity index (χ3n) is 2.99. The van der Waals surface area contributed by atoms with Gasteiger partial charge in [0.05, 0.1) is 0 Å². The van der Waals surface area contributed by atoms with E-state index < -0.39 is 5.60 Å². The van der Waals surface area contributed by atoms with Crippen LogP contribution in [0.3, 0.4) is 0 Å². The summed E-state index contributed by atoms with van der Waals surface area (Å²) in [4.78, 5) is 11.1. The number of hydrogen-bond acceptors (Lipinski definition) is 2. The van der Waals surface area contributed by atoms with Gasteiger partial charge in [-0.2, -0.15) is 0 Å². The molecular weight excluding hydrogens is 128 g/mol. The van der Waals surface area contributed by atoms with Gasteiger partial charge >= 0.3 is 0 Å². The van der Waals surface area contributed by atoms with Gasteiger partial charge in [0, 0.05) is 6.42 Å². The summed E-state index contributed by atoms with van der Waals surface area (Å²) in [5.74, 6) is 0.398. The average molecular weight is 140 g/mol. The van der Waals surface area contributed by atoms with Crippen LogP contribution in [0.4, 0.5) is 0 Å². The van der Waals surface area contributed by atoms with E-state index in [-0.39, 0.29) is 5.78 Å². The first-order chi connectivity index (χ1) is 4.73. The molecule has 0 amide bonds. The topological polar surface area (TPSA) is 37.3 Å². The first-order valence-corrected chi connectivity index (χ1v) is 3.99. The molecule has 0 radical (unpaired) electrons. The molecule has 2 fully saturated rings. The van der Waals surface area contributed by atoms with Gasteiger partial charge in [-0.15, -0.1) is 0 Å². The summed E-state index contributed by atoms with van der Waals surface area (Å²) in [6, 6.07) is 0. The number of rotatable bonds is 0. The van der Waals surface area contributed by atoms with Crippen LogP contribution in [0.5, 0.6) is 0 Å². The molecule has 0 aliphatic heterocycles. The standard InChI is InChI=1S/C8H12O2/c9-7-4-3-6-2-1-5-8(6,7)10/h6,10H,1-5H2. The van der Waals surface area contributed by atoms with Crippen LogP contribution in [0.1, 0.15) is 32.1 Å². The Morgan fingerprint density at radius 2 is 2.30 bits per heavy atom. The Morgan fingerprint density at radius 1 is 1.50 bits per heavy atom. The van der Waals surface area contributed by atoms with Crippen LogP contribution >= 0.6 is 0 Å². The summed E-state index contributed by atoms with van der Waals surface area (Å²) in [7, 11) is 0. The lowest BCUT2D eigenvalue weighted by molar-refractivity contribution is -0.134. The number of carbonyl (C=O) groups is 1. The van der Waals surface area contributed by atoms with Crippen molar-refractivity contribution in [3.63, 3.8) is 0 Å². The summed E-state index contributed by atoms with van der Waals surface area (Å²) in [5.41, 5.74) is -0.875. The average Bonchev–Trinajstić information content (AvgIpc) is 2.36. The number of aliphatic hydroxyl groups is 1. The van der Waals surface area contributed by atoms with Crippen molar-refractivity contribution in [1.82, 2.24) is 0 Å². The molecule has 2 nitrogen and oxygen atoms in total. The quantitative estimate of drug-likeness (QED) is 0.542. The Hall–Kier alpha value is -0.370. The highest BCUT2D eigenvalue weighted by Gasteiger charge is 2.50. The van der Waals surface area contributed by atoms with Crippen molar-refractivity contribution in [2.45, 2.75) is 37.7 Å². The van der Waals surface area contributed by atoms with Crippen molar-refractivity contribution >= 4 is 5.78 Å². The molecule has 0 aromatic carbocycles. The molecule has 2 heteroatoms. The Kier molecular flexibility index (Phi) is 1.15. The number of hydrogen-bond donors (Lipinski definition) is 1. The van der Waals surface area contributed by atoms with Gasteiger partial charge in [-0.25, -0.2) is 0 Å². The van der Waals surface area contributed by atoms with Gasteiger partial charge in [-0.1, -0.05) is 0 Å². The molecule has 1 N–H and O–H groups in total. The van der Waals surface area contributed by atoms with Crippen LogP contribution in [0.15, 0.2) is 0 Å².